The first kappa shape index (κ1) is 10.1. The minimum absolute atomic E-state index is 0.390. The van der Waals surface area contributed by atoms with Crippen LogP contribution in [0.4, 0.5) is 11.4 Å². The molecule has 0 fully saturated rings. The summed E-state index contributed by atoms with van der Waals surface area (Å²) in [5, 5.41) is 12.9. The Labute approximate surface area is 102 Å². The zero-order chi connectivity index (χ0) is 11.8. The predicted octanol–water partition coefficient (Wildman–Crippen LogP) is 1.89. The Hall–Kier alpha value is -2.05. The Morgan fingerprint density at radius 3 is 3.00 bits per heavy atom. The molecule has 6 nitrogen and oxygen atoms in total. The Bertz CT molecular complexity index is 580. The molecule has 1 N–H and O–H groups in total. The molecule has 0 radical (unpaired) electrons. The van der Waals surface area contributed by atoms with Crippen LogP contribution in [-0.4, -0.2) is 15.5 Å². The molecule has 0 amide bonds. The molecule has 1 aliphatic rings. The summed E-state index contributed by atoms with van der Waals surface area (Å²) in [6.45, 7) is 0. The molecule has 17 heavy (non-hydrogen) atoms. The third-order valence-electron chi connectivity index (χ3n) is 2.33. The number of rotatable bonds is 0. The second-order valence-electron chi connectivity index (χ2n) is 3.44. The van der Waals surface area contributed by atoms with Gasteiger partial charge in [-0.15, -0.1) is 0 Å². The highest BCUT2D eigenvalue weighted by Gasteiger charge is 2.14. The maximum Gasteiger partial charge on any atom is 0.227 e. The number of fused-ring (bicyclic) bond motifs is 1. The summed E-state index contributed by atoms with van der Waals surface area (Å²) in [4.78, 5) is 8.20. The van der Waals surface area contributed by atoms with E-state index in [-0.39, 0.29) is 0 Å². The van der Waals surface area contributed by atoms with Crippen molar-refractivity contribution in [3.05, 3.63) is 47.1 Å². The molecule has 2 heterocycles. The molecule has 1 aliphatic heterocycles. The van der Waals surface area contributed by atoms with Crippen molar-refractivity contribution in [1.82, 2.24) is 15.0 Å². The van der Waals surface area contributed by atoms with Crippen molar-refractivity contribution in [2.75, 3.05) is 5.17 Å². The van der Waals surface area contributed by atoms with Gasteiger partial charge in [-0.2, -0.15) is 0 Å². The van der Waals surface area contributed by atoms with Gasteiger partial charge in [0.1, 0.15) is 6.33 Å². The molecule has 0 saturated carbocycles. The van der Waals surface area contributed by atoms with E-state index in [0.29, 0.717) is 27.5 Å². The molecule has 7 heteroatoms. The highest BCUT2D eigenvalue weighted by molar-refractivity contribution is 6.31. The average molecular weight is 249 g/mol. The fourth-order valence-electron chi connectivity index (χ4n) is 1.54. The van der Waals surface area contributed by atoms with E-state index >= 15 is 0 Å². The lowest BCUT2D eigenvalue weighted by molar-refractivity contribution is 0.859. The average Bonchev–Trinajstić information content (AvgIpc) is 2.83. The molecule has 0 saturated heterocycles. The predicted molar refractivity (Wildman–Crippen MR) is 65.2 cm³/mol. The van der Waals surface area contributed by atoms with Crippen LogP contribution >= 0.6 is 11.6 Å². The van der Waals surface area contributed by atoms with Crippen molar-refractivity contribution in [2.24, 2.45) is 4.99 Å². The molecule has 86 valence electrons. The SMILES string of the molecule is [O-]N1NC(n2ccnc2)=Nc2ccc(Cl)cc21. The molecule has 3 rings (SSSR count). The summed E-state index contributed by atoms with van der Waals surface area (Å²) < 4.78 is 1.61. The maximum atomic E-state index is 11.8. The third kappa shape index (κ3) is 1.73. The summed E-state index contributed by atoms with van der Waals surface area (Å²) >= 11 is 5.82. The van der Waals surface area contributed by atoms with Crippen LogP contribution in [0.3, 0.4) is 0 Å². The molecule has 0 bridgehead atoms. The summed E-state index contributed by atoms with van der Waals surface area (Å²) in [7, 11) is 0. The van der Waals surface area contributed by atoms with Crippen molar-refractivity contribution in [3.63, 3.8) is 0 Å². The van der Waals surface area contributed by atoms with Gasteiger partial charge in [0.25, 0.3) is 0 Å². The van der Waals surface area contributed by atoms with E-state index < -0.39 is 0 Å². The van der Waals surface area contributed by atoms with Crippen molar-refractivity contribution in [1.29, 1.82) is 0 Å². The lowest BCUT2D eigenvalue weighted by Gasteiger charge is -2.36. The van der Waals surface area contributed by atoms with E-state index in [0.717, 1.165) is 0 Å². The second-order valence-corrected chi connectivity index (χ2v) is 3.88. The highest BCUT2D eigenvalue weighted by atomic mass is 35.5. The number of imidazole rings is 1. The second kappa shape index (κ2) is 3.76. The summed E-state index contributed by atoms with van der Waals surface area (Å²) in [5.74, 6) is 0.396. The van der Waals surface area contributed by atoms with E-state index in [1.807, 2.05) is 0 Å². The Morgan fingerprint density at radius 2 is 2.24 bits per heavy atom. The van der Waals surface area contributed by atoms with E-state index in [2.05, 4.69) is 15.4 Å². The Kier molecular flexibility index (Phi) is 2.24. The van der Waals surface area contributed by atoms with Gasteiger partial charge in [0.15, 0.2) is 0 Å². The van der Waals surface area contributed by atoms with Crippen LogP contribution in [0.5, 0.6) is 0 Å². The van der Waals surface area contributed by atoms with Gasteiger partial charge in [0, 0.05) is 17.4 Å². The summed E-state index contributed by atoms with van der Waals surface area (Å²) in [6, 6.07) is 4.94. The Balaban J connectivity index is 2.09. The largest absolute Gasteiger partial charge is 0.739 e. The highest BCUT2D eigenvalue weighted by Crippen LogP contribution is 2.32. The van der Waals surface area contributed by atoms with Crippen molar-refractivity contribution < 1.29 is 0 Å². The smallest absolute Gasteiger partial charge is 0.227 e. The topological polar surface area (TPSA) is 68.5 Å². The Morgan fingerprint density at radius 1 is 1.35 bits per heavy atom. The zero-order valence-corrected chi connectivity index (χ0v) is 9.30. The number of nitrogens with one attached hydrogen (secondary N) is 1. The normalized spacial score (nSPS) is 14.0. The van der Waals surface area contributed by atoms with Crippen LogP contribution in [0, 0.1) is 5.21 Å². The minimum atomic E-state index is 0.390. The number of nitrogens with zero attached hydrogens (tertiary/aromatic N) is 4. The number of aromatic nitrogens is 2. The minimum Gasteiger partial charge on any atom is -0.739 e. The lowest BCUT2D eigenvalue weighted by Crippen LogP contribution is -2.43. The van der Waals surface area contributed by atoms with E-state index in [1.165, 1.54) is 0 Å². The fourth-order valence-corrected chi connectivity index (χ4v) is 1.71. The van der Waals surface area contributed by atoms with E-state index in [4.69, 9.17) is 11.6 Å². The van der Waals surface area contributed by atoms with Gasteiger partial charge < -0.3 is 10.4 Å². The number of halogens is 1. The van der Waals surface area contributed by atoms with Gasteiger partial charge in [-0.25, -0.2) is 9.98 Å². The summed E-state index contributed by atoms with van der Waals surface area (Å²) in [5.41, 5.74) is 3.55. The molecule has 1 aromatic heterocycles. The number of anilines is 1. The van der Waals surface area contributed by atoms with Crippen LogP contribution in [0.25, 0.3) is 0 Å². The van der Waals surface area contributed by atoms with Gasteiger partial charge in [-0.3, -0.25) is 9.99 Å². The monoisotopic (exact) mass is 248 g/mol. The molecular weight excluding hydrogens is 242 g/mol. The quantitative estimate of drug-likeness (QED) is 0.773. The fraction of sp³-hybridized carbons (Fsp3) is 0. The van der Waals surface area contributed by atoms with Crippen LogP contribution in [0.1, 0.15) is 0 Å². The maximum absolute atomic E-state index is 11.8. The number of aliphatic imine (C=N–C) groups is 1. The summed E-state index contributed by atoms with van der Waals surface area (Å²) in [6.07, 6.45) is 4.86. The lowest BCUT2D eigenvalue weighted by atomic mass is 10.2. The molecule has 0 spiro atoms. The number of hydrazine groups is 1. The molecule has 1 aromatic carbocycles. The first-order valence-corrected chi connectivity index (χ1v) is 5.22. The number of hydrogen-bond donors (Lipinski definition) is 1. The van der Waals surface area contributed by atoms with Crippen LogP contribution in [0.2, 0.25) is 5.02 Å². The van der Waals surface area contributed by atoms with Gasteiger partial charge in [0.05, 0.1) is 11.4 Å². The van der Waals surface area contributed by atoms with Gasteiger partial charge in [0.2, 0.25) is 5.96 Å². The number of hydrogen-bond acceptors (Lipinski definition) is 5. The first-order valence-electron chi connectivity index (χ1n) is 4.84. The van der Waals surface area contributed by atoms with Gasteiger partial charge >= 0.3 is 0 Å². The molecule has 0 atom stereocenters. The van der Waals surface area contributed by atoms with Crippen molar-refractivity contribution in [3.8, 4) is 0 Å². The van der Waals surface area contributed by atoms with Crippen molar-refractivity contribution in [2.45, 2.75) is 0 Å². The van der Waals surface area contributed by atoms with Crippen LogP contribution in [0.15, 0.2) is 41.9 Å². The standard InChI is InChI=1S/C10H7ClN5O/c11-7-1-2-8-9(5-7)16(17)14-10(13-8)15-4-3-12-6-15/h1-6H,(H,13,14)/q-1. The van der Waals surface area contributed by atoms with E-state index in [9.17, 15) is 5.21 Å². The van der Waals surface area contributed by atoms with Crippen molar-refractivity contribution >= 4 is 28.9 Å². The van der Waals surface area contributed by atoms with Crippen LogP contribution < -0.4 is 10.6 Å². The molecule has 0 unspecified atom stereocenters. The van der Waals surface area contributed by atoms with Gasteiger partial charge in [-0.1, -0.05) is 11.6 Å². The van der Waals surface area contributed by atoms with E-state index in [1.54, 1.807) is 41.5 Å². The third-order valence-corrected chi connectivity index (χ3v) is 2.57. The van der Waals surface area contributed by atoms with Gasteiger partial charge in [-0.05, 0) is 18.2 Å². The molecule has 0 aliphatic carbocycles. The molecular formula is C10H7ClN5O-. The zero-order valence-electron chi connectivity index (χ0n) is 8.54. The number of benzene rings is 1. The van der Waals surface area contributed by atoms with Crippen LogP contribution in [-0.2, 0) is 0 Å². The molecule has 2 aromatic rings. The first-order chi connectivity index (χ1) is 8.24.